The third-order valence-electron chi connectivity index (χ3n) is 3.50. The SMILES string of the molecule is CC[C@H](Oc1ccccc1)C(=O)O[C@H](C)C(=O)Nc1ccc(F)c(F)c1. The molecule has 5 nitrogen and oxygen atoms in total. The number of halogens is 2. The number of ether oxygens (including phenoxy) is 2. The molecule has 7 heteroatoms. The fourth-order valence-electron chi connectivity index (χ4n) is 2.08. The second kappa shape index (κ2) is 8.94. The normalized spacial score (nSPS) is 12.8. The van der Waals surface area contributed by atoms with Gasteiger partial charge in [0.2, 0.25) is 0 Å². The summed E-state index contributed by atoms with van der Waals surface area (Å²) < 4.78 is 36.7. The van der Waals surface area contributed by atoms with Crippen molar-refractivity contribution in [3.05, 3.63) is 60.2 Å². The molecule has 1 amide bonds. The van der Waals surface area contributed by atoms with E-state index < -0.39 is 35.7 Å². The molecule has 2 aromatic carbocycles. The average molecular weight is 363 g/mol. The number of benzene rings is 2. The number of esters is 1. The zero-order valence-electron chi connectivity index (χ0n) is 14.4. The lowest BCUT2D eigenvalue weighted by Crippen LogP contribution is -2.36. The van der Waals surface area contributed by atoms with Crippen LogP contribution in [0.15, 0.2) is 48.5 Å². The Labute approximate surface area is 149 Å². The lowest BCUT2D eigenvalue weighted by atomic mass is 10.2. The molecule has 138 valence electrons. The highest BCUT2D eigenvalue weighted by molar-refractivity contribution is 5.95. The molecule has 1 N–H and O–H groups in total. The van der Waals surface area contributed by atoms with Crippen LogP contribution in [0.2, 0.25) is 0 Å². The van der Waals surface area contributed by atoms with E-state index in [0.717, 1.165) is 12.1 Å². The van der Waals surface area contributed by atoms with Gasteiger partial charge < -0.3 is 14.8 Å². The van der Waals surface area contributed by atoms with Crippen LogP contribution < -0.4 is 10.1 Å². The summed E-state index contributed by atoms with van der Waals surface area (Å²) in [6.07, 6.45) is -1.65. The van der Waals surface area contributed by atoms with E-state index in [4.69, 9.17) is 9.47 Å². The topological polar surface area (TPSA) is 64.6 Å². The predicted octanol–water partition coefficient (Wildman–Crippen LogP) is 3.69. The molecule has 26 heavy (non-hydrogen) atoms. The van der Waals surface area contributed by atoms with E-state index in [1.165, 1.54) is 13.0 Å². The molecule has 0 bridgehead atoms. The second-order valence-corrected chi connectivity index (χ2v) is 5.53. The smallest absolute Gasteiger partial charge is 0.348 e. The minimum absolute atomic E-state index is 0.0596. The Morgan fingerprint density at radius 2 is 1.77 bits per heavy atom. The number of hydrogen-bond donors (Lipinski definition) is 1. The molecular formula is C19H19F2NO4. The molecule has 0 spiro atoms. The average Bonchev–Trinajstić information content (AvgIpc) is 2.63. The van der Waals surface area contributed by atoms with Crippen LogP contribution in [-0.4, -0.2) is 24.1 Å². The molecule has 0 unspecified atom stereocenters. The molecular weight excluding hydrogens is 344 g/mol. The van der Waals surface area contributed by atoms with Gasteiger partial charge in [0.05, 0.1) is 0 Å². The van der Waals surface area contributed by atoms with E-state index in [1.807, 2.05) is 6.07 Å². The molecule has 0 aliphatic heterocycles. The number of anilines is 1. The molecule has 2 atom stereocenters. The van der Waals surface area contributed by atoms with Gasteiger partial charge in [0, 0.05) is 11.8 Å². The molecule has 0 radical (unpaired) electrons. The van der Waals surface area contributed by atoms with Gasteiger partial charge in [0.25, 0.3) is 5.91 Å². The first-order valence-electron chi connectivity index (χ1n) is 8.08. The lowest BCUT2D eigenvalue weighted by molar-refractivity contribution is -0.160. The molecule has 0 heterocycles. The van der Waals surface area contributed by atoms with Crippen molar-refractivity contribution >= 4 is 17.6 Å². The van der Waals surface area contributed by atoms with Crippen LogP contribution in [0.1, 0.15) is 20.3 Å². The van der Waals surface area contributed by atoms with Gasteiger partial charge in [-0.2, -0.15) is 0 Å². The van der Waals surface area contributed by atoms with Crippen LogP contribution in [0.5, 0.6) is 5.75 Å². The van der Waals surface area contributed by atoms with Gasteiger partial charge in [-0.05, 0) is 37.6 Å². The summed E-state index contributed by atoms with van der Waals surface area (Å²) in [4.78, 5) is 24.3. The fourth-order valence-corrected chi connectivity index (χ4v) is 2.08. The number of amides is 1. The summed E-state index contributed by atoms with van der Waals surface area (Å²) in [6.45, 7) is 3.13. The zero-order valence-corrected chi connectivity index (χ0v) is 14.4. The summed E-state index contributed by atoms with van der Waals surface area (Å²) >= 11 is 0. The van der Waals surface area contributed by atoms with Crippen LogP contribution in [0.4, 0.5) is 14.5 Å². The van der Waals surface area contributed by atoms with Gasteiger partial charge >= 0.3 is 5.97 Å². The summed E-state index contributed by atoms with van der Waals surface area (Å²) in [5, 5.41) is 2.36. The van der Waals surface area contributed by atoms with E-state index in [1.54, 1.807) is 31.2 Å². The fraction of sp³-hybridized carbons (Fsp3) is 0.263. The highest BCUT2D eigenvalue weighted by Gasteiger charge is 2.25. The lowest BCUT2D eigenvalue weighted by Gasteiger charge is -2.19. The highest BCUT2D eigenvalue weighted by Crippen LogP contribution is 2.16. The van der Waals surface area contributed by atoms with Crippen molar-refractivity contribution < 1.29 is 27.8 Å². The first-order chi connectivity index (χ1) is 12.4. The van der Waals surface area contributed by atoms with Crippen molar-refractivity contribution in [3.8, 4) is 5.75 Å². The molecule has 0 saturated carbocycles. The van der Waals surface area contributed by atoms with Gasteiger partial charge in [-0.3, -0.25) is 4.79 Å². The van der Waals surface area contributed by atoms with Crippen LogP contribution in [0.3, 0.4) is 0 Å². The van der Waals surface area contributed by atoms with Gasteiger partial charge in [-0.25, -0.2) is 13.6 Å². The quantitative estimate of drug-likeness (QED) is 0.762. The molecule has 0 aromatic heterocycles. The largest absolute Gasteiger partial charge is 0.479 e. The maximum absolute atomic E-state index is 13.2. The van der Waals surface area contributed by atoms with Crippen LogP contribution in [0, 0.1) is 11.6 Å². The van der Waals surface area contributed by atoms with Crippen molar-refractivity contribution in [2.45, 2.75) is 32.5 Å². The van der Waals surface area contributed by atoms with Gasteiger partial charge in [0.15, 0.2) is 23.8 Å². The van der Waals surface area contributed by atoms with Crippen LogP contribution >= 0.6 is 0 Å². The Morgan fingerprint density at radius 3 is 2.38 bits per heavy atom. The van der Waals surface area contributed by atoms with E-state index >= 15 is 0 Å². The third kappa shape index (κ3) is 5.27. The molecule has 2 rings (SSSR count). The van der Waals surface area contributed by atoms with Crippen molar-refractivity contribution in [2.75, 3.05) is 5.32 Å². The number of rotatable bonds is 7. The molecule has 2 aromatic rings. The van der Waals surface area contributed by atoms with Crippen molar-refractivity contribution in [1.29, 1.82) is 0 Å². The zero-order chi connectivity index (χ0) is 19.1. The van der Waals surface area contributed by atoms with Crippen LogP contribution in [0.25, 0.3) is 0 Å². The summed E-state index contributed by atoms with van der Waals surface area (Å²) in [6, 6.07) is 11.7. The third-order valence-corrected chi connectivity index (χ3v) is 3.50. The van der Waals surface area contributed by atoms with E-state index in [-0.39, 0.29) is 5.69 Å². The number of nitrogens with one attached hydrogen (secondary N) is 1. The summed E-state index contributed by atoms with van der Waals surface area (Å²) in [7, 11) is 0. The Hall–Kier alpha value is -2.96. The van der Waals surface area contributed by atoms with E-state index in [0.29, 0.717) is 12.2 Å². The van der Waals surface area contributed by atoms with Crippen molar-refractivity contribution in [1.82, 2.24) is 0 Å². The minimum Gasteiger partial charge on any atom is -0.479 e. The highest BCUT2D eigenvalue weighted by atomic mass is 19.2. The first-order valence-corrected chi connectivity index (χ1v) is 8.08. The Morgan fingerprint density at radius 1 is 1.08 bits per heavy atom. The first kappa shape index (κ1) is 19.4. The maximum Gasteiger partial charge on any atom is 0.348 e. The number of para-hydroxylation sites is 1. The van der Waals surface area contributed by atoms with Gasteiger partial charge in [-0.1, -0.05) is 25.1 Å². The predicted molar refractivity (Wildman–Crippen MR) is 91.7 cm³/mol. The summed E-state index contributed by atoms with van der Waals surface area (Å²) in [5.41, 5.74) is 0.0596. The van der Waals surface area contributed by atoms with Crippen molar-refractivity contribution in [2.24, 2.45) is 0 Å². The molecule has 0 aliphatic carbocycles. The standard InChI is InChI=1S/C19H19F2NO4/c1-3-17(26-14-7-5-4-6-8-14)19(24)25-12(2)18(23)22-13-9-10-15(20)16(21)11-13/h4-12,17H,3H2,1-2H3,(H,22,23)/t12-,17+/m1/s1. The van der Waals surface area contributed by atoms with E-state index in [2.05, 4.69) is 5.32 Å². The number of carbonyl (C=O) groups is 2. The van der Waals surface area contributed by atoms with E-state index in [9.17, 15) is 18.4 Å². The Balaban J connectivity index is 1.93. The number of hydrogen-bond acceptors (Lipinski definition) is 4. The van der Waals surface area contributed by atoms with Gasteiger partial charge in [0.1, 0.15) is 5.75 Å². The molecule has 0 saturated heterocycles. The number of carbonyl (C=O) groups excluding carboxylic acids is 2. The van der Waals surface area contributed by atoms with Crippen LogP contribution in [-0.2, 0) is 14.3 Å². The Bertz CT molecular complexity index is 767. The Kier molecular flexibility index (Phi) is 6.66. The second-order valence-electron chi connectivity index (χ2n) is 5.53. The minimum atomic E-state index is -1.14. The van der Waals surface area contributed by atoms with Gasteiger partial charge in [-0.15, -0.1) is 0 Å². The van der Waals surface area contributed by atoms with Crippen molar-refractivity contribution in [3.63, 3.8) is 0 Å². The molecule has 0 aliphatic rings. The monoisotopic (exact) mass is 363 g/mol. The molecule has 0 fully saturated rings. The maximum atomic E-state index is 13.2. The summed E-state index contributed by atoms with van der Waals surface area (Å²) in [5.74, 6) is -2.96.